The Morgan fingerprint density at radius 3 is 2.53 bits per heavy atom. The fourth-order valence-corrected chi connectivity index (χ4v) is 3.20. The molecule has 1 aliphatic heterocycles. The molecule has 1 aliphatic rings. The van der Waals surface area contributed by atoms with Crippen molar-refractivity contribution in [3.8, 4) is 11.3 Å². The second-order valence-corrected chi connectivity index (χ2v) is 7.01. The van der Waals surface area contributed by atoms with Crippen LogP contribution in [-0.4, -0.2) is 42.2 Å². The van der Waals surface area contributed by atoms with E-state index in [-0.39, 0.29) is 5.91 Å². The minimum Gasteiger partial charge on any atom is -0.378 e. The van der Waals surface area contributed by atoms with Crippen molar-refractivity contribution in [2.45, 2.75) is 13.5 Å². The van der Waals surface area contributed by atoms with Crippen molar-refractivity contribution in [1.29, 1.82) is 0 Å². The Bertz CT molecular complexity index is 983. The van der Waals surface area contributed by atoms with Crippen molar-refractivity contribution >= 4 is 23.2 Å². The molecule has 0 radical (unpaired) electrons. The molecule has 0 atom stereocenters. The van der Waals surface area contributed by atoms with E-state index < -0.39 is 0 Å². The first-order valence-electron chi connectivity index (χ1n) is 9.88. The van der Waals surface area contributed by atoms with Gasteiger partial charge < -0.3 is 20.3 Å². The molecule has 7 heteroatoms. The summed E-state index contributed by atoms with van der Waals surface area (Å²) in [6, 6.07) is 19.0. The summed E-state index contributed by atoms with van der Waals surface area (Å²) in [5.74, 6) is 0.414. The van der Waals surface area contributed by atoms with Gasteiger partial charge in [0.25, 0.3) is 0 Å². The number of morpholine rings is 1. The summed E-state index contributed by atoms with van der Waals surface area (Å²) < 4.78 is 5.41. The second kappa shape index (κ2) is 9.25. The lowest BCUT2D eigenvalue weighted by Gasteiger charge is -2.28. The highest BCUT2D eigenvalue weighted by molar-refractivity contribution is 5.72. The average molecular weight is 401 g/mol. The summed E-state index contributed by atoms with van der Waals surface area (Å²) in [6.07, 6.45) is 2.79. The van der Waals surface area contributed by atoms with Gasteiger partial charge in [0.05, 0.1) is 13.2 Å². The predicted octanol–water partition coefficient (Wildman–Crippen LogP) is 2.96. The summed E-state index contributed by atoms with van der Waals surface area (Å²) in [4.78, 5) is 22.1. The molecule has 1 saturated heterocycles. The van der Waals surface area contributed by atoms with Gasteiger partial charge in [-0.25, -0.2) is 4.98 Å². The van der Waals surface area contributed by atoms with E-state index >= 15 is 0 Å². The molecular weight excluding hydrogens is 378 g/mol. The van der Waals surface area contributed by atoms with Crippen LogP contribution in [0.25, 0.3) is 11.3 Å². The molecule has 0 spiro atoms. The van der Waals surface area contributed by atoms with Crippen molar-refractivity contribution < 1.29 is 9.53 Å². The number of aromatic nitrogens is 2. The number of hydrogen-bond acceptors (Lipinski definition) is 6. The average Bonchev–Trinajstić information content (AvgIpc) is 2.79. The van der Waals surface area contributed by atoms with E-state index in [1.165, 1.54) is 12.6 Å². The van der Waals surface area contributed by atoms with Gasteiger partial charge in [0, 0.05) is 49.7 Å². The number of amides is 1. The molecule has 152 valence electrons. The van der Waals surface area contributed by atoms with Crippen LogP contribution in [0.5, 0.6) is 0 Å². The lowest BCUT2D eigenvalue weighted by atomic mass is 10.1. The van der Waals surface area contributed by atoms with Crippen molar-refractivity contribution in [3.05, 3.63) is 66.4 Å². The van der Waals surface area contributed by atoms with Crippen LogP contribution in [0, 0.1) is 12.3 Å². The van der Waals surface area contributed by atoms with Gasteiger partial charge in [-0.3, -0.25) is 4.79 Å². The van der Waals surface area contributed by atoms with E-state index in [4.69, 9.17) is 4.74 Å². The van der Waals surface area contributed by atoms with Gasteiger partial charge in [-0.15, -0.1) is 0 Å². The van der Waals surface area contributed by atoms with E-state index in [9.17, 15) is 4.79 Å². The summed E-state index contributed by atoms with van der Waals surface area (Å²) in [5, 5.41) is 6.01. The quantitative estimate of drug-likeness (QED) is 0.661. The molecule has 1 aromatic heterocycles. The van der Waals surface area contributed by atoms with Crippen LogP contribution in [0.1, 0.15) is 12.5 Å². The van der Waals surface area contributed by atoms with Crippen LogP contribution in [0.15, 0.2) is 48.5 Å². The zero-order valence-electron chi connectivity index (χ0n) is 16.8. The van der Waals surface area contributed by atoms with Crippen LogP contribution < -0.4 is 15.5 Å². The largest absolute Gasteiger partial charge is 0.378 e. The van der Waals surface area contributed by atoms with E-state index in [1.807, 2.05) is 36.4 Å². The van der Waals surface area contributed by atoms with Gasteiger partial charge in [-0.1, -0.05) is 24.3 Å². The van der Waals surface area contributed by atoms with Crippen molar-refractivity contribution in [3.63, 3.8) is 0 Å². The Morgan fingerprint density at radius 1 is 1.10 bits per heavy atom. The Kier molecular flexibility index (Phi) is 6.06. The maximum absolute atomic E-state index is 11.0. The minimum absolute atomic E-state index is 0.0495. The maximum Gasteiger partial charge on any atom is 0.237 e. The van der Waals surface area contributed by atoms with E-state index in [1.54, 1.807) is 0 Å². The van der Waals surface area contributed by atoms with Crippen LogP contribution in [0.3, 0.4) is 0 Å². The summed E-state index contributed by atoms with van der Waals surface area (Å²) in [7, 11) is 0. The zero-order chi connectivity index (χ0) is 20.8. The molecule has 4 rings (SSSR count). The molecule has 1 fully saturated rings. The van der Waals surface area contributed by atoms with Crippen LogP contribution in [-0.2, 0) is 16.1 Å². The lowest BCUT2D eigenvalue weighted by molar-refractivity contribution is -0.119. The highest BCUT2D eigenvalue weighted by Crippen LogP contribution is 2.22. The first-order chi connectivity index (χ1) is 14.7. The Balaban J connectivity index is 1.42. The number of carbonyl (C=O) groups excluding carboxylic acids is 1. The van der Waals surface area contributed by atoms with Crippen LogP contribution in [0.2, 0.25) is 0 Å². The van der Waals surface area contributed by atoms with Gasteiger partial charge in [0.2, 0.25) is 11.9 Å². The fourth-order valence-electron chi connectivity index (χ4n) is 3.20. The third kappa shape index (κ3) is 5.04. The SMILES string of the molecule is CC(=O)NCc1ccc(-c2c#cnc(Nc3ccc(N4CCOCC4)cc3)n2)cc1. The minimum atomic E-state index is -0.0495. The zero-order valence-corrected chi connectivity index (χ0v) is 16.8. The number of carbonyl (C=O) groups is 1. The smallest absolute Gasteiger partial charge is 0.237 e. The predicted molar refractivity (Wildman–Crippen MR) is 115 cm³/mol. The first kappa shape index (κ1) is 19.7. The summed E-state index contributed by atoms with van der Waals surface area (Å²) in [5.41, 5.74) is 4.67. The molecule has 0 unspecified atom stereocenters. The van der Waals surface area contributed by atoms with Crippen molar-refractivity contribution in [2.24, 2.45) is 0 Å². The summed E-state index contributed by atoms with van der Waals surface area (Å²) >= 11 is 0. The lowest BCUT2D eigenvalue weighted by Crippen LogP contribution is -2.36. The number of rotatable bonds is 6. The topological polar surface area (TPSA) is 79.4 Å². The summed E-state index contributed by atoms with van der Waals surface area (Å²) in [6.45, 7) is 5.36. The van der Waals surface area contributed by atoms with E-state index in [2.05, 4.69) is 49.9 Å². The standard InChI is InChI=1S/C23H23N5O2/c1-17(29)25-16-18-2-4-19(5-3-18)22-10-11-24-23(27-22)26-20-6-8-21(9-7-20)28-12-14-30-15-13-28/h2-9H,12-16H2,1H3,(H,25,29)(H,24,26,27). The third-order valence-electron chi connectivity index (χ3n) is 4.82. The van der Waals surface area contributed by atoms with Gasteiger partial charge in [-0.05, 0) is 35.9 Å². The molecule has 30 heavy (non-hydrogen) atoms. The number of nitrogens with one attached hydrogen (secondary N) is 2. The fraction of sp³-hybridized carbons (Fsp3) is 0.261. The van der Waals surface area contributed by atoms with Crippen LogP contribution in [0.4, 0.5) is 17.3 Å². The molecule has 0 saturated carbocycles. The number of nitrogens with zero attached hydrogens (tertiary/aromatic N) is 3. The van der Waals surface area contributed by atoms with Crippen LogP contribution >= 0.6 is 0 Å². The highest BCUT2D eigenvalue weighted by Gasteiger charge is 2.11. The number of benzene rings is 2. The molecule has 2 aromatic carbocycles. The molecule has 0 aliphatic carbocycles. The van der Waals surface area contributed by atoms with Crippen molar-refractivity contribution in [2.75, 3.05) is 36.5 Å². The van der Waals surface area contributed by atoms with Gasteiger partial charge in [0.1, 0.15) is 5.69 Å². The second-order valence-electron chi connectivity index (χ2n) is 7.01. The molecule has 0 bridgehead atoms. The van der Waals surface area contributed by atoms with E-state index in [0.29, 0.717) is 18.2 Å². The molecule has 1 amide bonds. The normalized spacial score (nSPS) is 13.4. The van der Waals surface area contributed by atoms with Gasteiger partial charge in [-0.2, -0.15) is 4.98 Å². The van der Waals surface area contributed by atoms with Gasteiger partial charge >= 0.3 is 0 Å². The highest BCUT2D eigenvalue weighted by atomic mass is 16.5. The first-order valence-corrected chi connectivity index (χ1v) is 9.88. The Hall–Kier alpha value is -3.63. The molecule has 7 nitrogen and oxygen atoms in total. The van der Waals surface area contributed by atoms with Crippen molar-refractivity contribution in [1.82, 2.24) is 15.3 Å². The third-order valence-corrected chi connectivity index (χ3v) is 4.82. The number of hydrogen-bond donors (Lipinski definition) is 2. The molecular formula is C23H23N5O2. The molecule has 2 N–H and O–H groups in total. The Labute approximate surface area is 176 Å². The molecule has 2 heterocycles. The number of ether oxygens (including phenoxy) is 1. The van der Waals surface area contributed by atoms with E-state index in [0.717, 1.165) is 43.1 Å². The van der Waals surface area contributed by atoms with Gasteiger partial charge in [0.15, 0.2) is 0 Å². The Morgan fingerprint density at radius 2 is 1.83 bits per heavy atom. The number of anilines is 3. The maximum atomic E-state index is 11.0. The molecule has 3 aromatic rings. The monoisotopic (exact) mass is 401 g/mol.